The van der Waals surface area contributed by atoms with Crippen molar-refractivity contribution in [2.75, 3.05) is 11.4 Å². The lowest BCUT2D eigenvalue weighted by molar-refractivity contribution is 0.501. The topological polar surface area (TPSA) is 34.0 Å². The highest BCUT2D eigenvalue weighted by Gasteiger charge is 2.22. The molecule has 4 rings (SSSR count). The molecule has 0 spiro atoms. The number of anilines is 1. The van der Waals surface area contributed by atoms with Crippen LogP contribution in [-0.2, 0) is 13.1 Å². The lowest BCUT2D eigenvalue weighted by Crippen LogP contribution is -2.34. The first-order valence-corrected chi connectivity index (χ1v) is 7.80. The van der Waals surface area contributed by atoms with E-state index in [0.717, 1.165) is 23.0 Å². The van der Waals surface area contributed by atoms with Crippen molar-refractivity contribution in [3.8, 4) is 11.3 Å². The van der Waals surface area contributed by atoms with Crippen LogP contribution in [0.3, 0.4) is 0 Å². The van der Waals surface area contributed by atoms with Crippen molar-refractivity contribution in [2.45, 2.75) is 13.1 Å². The van der Waals surface area contributed by atoms with E-state index < -0.39 is 11.6 Å². The lowest BCUT2D eigenvalue weighted by atomic mass is 10.1. The highest BCUT2D eigenvalue weighted by molar-refractivity contribution is 7.07. The summed E-state index contributed by atoms with van der Waals surface area (Å²) >= 11 is 1.54. The second-order valence-electron chi connectivity index (χ2n) is 5.12. The van der Waals surface area contributed by atoms with E-state index in [1.807, 2.05) is 21.2 Å². The van der Waals surface area contributed by atoms with Crippen LogP contribution in [0, 0.1) is 11.6 Å². The van der Waals surface area contributed by atoms with Gasteiger partial charge in [-0.25, -0.2) is 13.8 Å². The van der Waals surface area contributed by atoms with E-state index in [1.54, 1.807) is 11.6 Å². The Kier molecular flexibility index (Phi) is 3.15. The van der Waals surface area contributed by atoms with Crippen molar-refractivity contribution < 1.29 is 8.78 Å². The fourth-order valence-corrected chi connectivity index (χ4v) is 3.26. The molecule has 3 aromatic rings. The molecule has 0 bridgehead atoms. The van der Waals surface area contributed by atoms with Crippen molar-refractivity contribution in [3.05, 3.63) is 52.6 Å². The third-order valence-corrected chi connectivity index (χ3v) is 4.43. The molecular formula is C15H12F2N4S. The summed E-state index contributed by atoms with van der Waals surface area (Å²) in [6.07, 6.45) is 1.82. The molecule has 0 saturated heterocycles. The van der Waals surface area contributed by atoms with Gasteiger partial charge in [-0.1, -0.05) is 0 Å². The largest absolute Gasteiger partial charge is 0.364 e. The van der Waals surface area contributed by atoms with Crippen molar-refractivity contribution in [2.24, 2.45) is 0 Å². The molecule has 0 saturated carbocycles. The minimum absolute atomic E-state index is 0.595. The van der Waals surface area contributed by atoms with Crippen molar-refractivity contribution in [1.82, 2.24) is 14.8 Å². The summed E-state index contributed by atoms with van der Waals surface area (Å²) in [5, 5.41) is 6.37. The van der Waals surface area contributed by atoms with E-state index in [4.69, 9.17) is 0 Å². The van der Waals surface area contributed by atoms with E-state index in [9.17, 15) is 8.78 Å². The number of benzene rings is 1. The Morgan fingerprint density at radius 1 is 1.14 bits per heavy atom. The van der Waals surface area contributed by atoms with Crippen LogP contribution >= 0.6 is 11.3 Å². The van der Waals surface area contributed by atoms with Crippen molar-refractivity contribution in [1.29, 1.82) is 0 Å². The molecule has 4 nitrogen and oxygen atoms in total. The zero-order chi connectivity index (χ0) is 15.1. The van der Waals surface area contributed by atoms with Gasteiger partial charge in [-0.2, -0.15) is 5.10 Å². The summed E-state index contributed by atoms with van der Waals surface area (Å²) in [7, 11) is 0. The van der Waals surface area contributed by atoms with E-state index in [2.05, 4.69) is 10.1 Å². The number of hydrogen-bond donors (Lipinski definition) is 0. The number of aromatic nitrogens is 3. The van der Waals surface area contributed by atoms with Crippen LogP contribution < -0.4 is 4.90 Å². The van der Waals surface area contributed by atoms with Gasteiger partial charge in [0, 0.05) is 29.2 Å². The first-order valence-electron chi connectivity index (χ1n) is 6.85. The first kappa shape index (κ1) is 13.4. The molecule has 0 aliphatic carbocycles. The Bertz CT molecular complexity index is 813. The highest BCUT2D eigenvalue weighted by Crippen LogP contribution is 2.29. The van der Waals surface area contributed by atoms with Gasteiger partial charge in [0.05, 0.1) is 36.2 Å². The molecule has 0 atom stereocenters. The summed E-state index contributed by atoms with van der Waals surface area (Å²) in [4.78, 5) is 6.35. The van der Waals surface area contributed by atoms with Crippen molar-refractivity contribution in [3.63, 3.8) is 0 Å². The molecule has 1 aliphatic rings. The Labute approximate surface area is 129 Å². The number of nitrogens with zero attached hydrogens (tertiary/aromatic N) is 4. The predicted molar refractivity (Wildman–Crippen MR) is 80.7 cm³/mol. The molecular weight excluding hydrogens is 306 g/mol. The highest BCUT2D eigenvalue weighted by atomic mass is 32.1. The zero-order valence-corrected chi connectivity index (χ0v) is 12.4. The maximum absolute atomic E-state index is 13.4. The SMILES string of the molecule is Fc1ccc(N2CCn3ncc(-c4cscn4)c3C2)cc1F. The third-order valence-electron chi connectivity index (χ3n) is 3.85. The molecule has 1 aliphatic heterocycles. The number of thiazole rings is 1. The van der Waals surface area contributed by atoms with Gasteiger partial charge >= 0.3 is 0 Å². The van der Waals surface area contributed by atoms with Crippen LogP contribution in [-0.4, -0.2) is 21.3 Å². The van der Waals surface area contributed by atoms with E-state index >= 15 is 0 Å². The Morgan fingerprint density at radius 2 is 2.05 bits per heavy atom. The molecule has 7 heteroatoms. The molecule has 0 N–H and O–H groups in total. The molecule has 112 valence electrons. The van der Waals surface area contributed by atoms with E-state index in [1.165, 1.54) is 17.4 Å². The van der Waals surface area contributed by atoms with Gasteiger partial charge in [-0.15, -0.1) is 11.3 Å². The maximum atomic E-state index is 13.4. The summed E-state index contributed by atoms with van der Waals surface area (Å²) < 4.78 is 28.5. The van der Waals surface area contributed by atoms with Gasteiger partial charge in [-0.05, 0) is 12.1 Å². The zero-order valence-electron chi connectivity index (χ0n) is 11.5. The Balaban J connectivity index is 1.68. The normalized spacial score (nSPS) is 14.2. The molecule has 2 aromatic heterocycles. The van der Waals surface area contributed by atoms with E-state index in [-0.39, 0.29) is 0 Å². The lowest BCUT2D eigenvalue weighted by Gasteiger charge is -2.30. The van der Waals surface area contributed by atoms with E-state index in [0.29, 0.717) is 25.3 Å². The minimum Gasteiger partial charge on any atom is -0.364 e. The molecule has 1 aromatic carbocycles. The first-order chi connectivity index (χ1) is 10.7. The molecule has 0 fully saturated rings. The molecule has 22 heavy (non-hydrogen) atoms. The van der Waals surface area contributed by atoms with Crippen molar-refractivity contribution >= 4 is 17.0 Å². The average Bonchev–Trinajstić information content (AvgIpc) is 3.17. The van der Waals surface area contributed by atoms with Gasteiger partial charge in [0.2, 0.25) is 0 Å². The maximum Gasteiger partial charge on any atom is 0.160 e. The third kappa shape index (κ3) is 2.18. The van der Waals surface area contributed by atoms with Crippen LogP contribution in [0.25, 0.3) is 11.3 Å². The second kappa shape index (κ2) is 5.17. The second-order valence-corrected chi connectivity index (χ2v) is 5.84. The fraction of sp³-hybridized carbons (Fsp3) is 0.200. The molecule has 0 radical (unpaired) electrons. The molecule has 0 unspecified atom stereocenters. The van der Waals surface area contributed by atoms with Crippen LogP contribution in [0.1, 0.15) is 5.69 Å². The smallest absolute Gasteiger partial charge is 0.160 e. The van der Waals surface area contributed by atoms with Gasteiger partial charge < -0.3 is 4.90 Å². The monoisotopic (exact) mass is 318 g/mol. The Hall–Kier alpha value is -2.28. The molecule has 3 heterocycles. The van der Waals surface area contributed by atoms with Gasteiger partial charge in [0.1, 0.15) is 0 Å². The number of hydrogen-bond acceptors (Lipinski definition) is 4. The molecule has 0 amide bonds. The number of fused-ring (bicyclic) bond motifs is 1. The van der Waals surface area contributed by atoms with Crippen LogP contribution in [0.5, 0.6) is 0 Å². The van der Waals surface area contributed by atoms with Crippen LogP contribution in [0.2, 0.25) is 0 Å². The van der Waals surface area contributed by atoms with Crippen LogP contribution in [0.4, 0.5) is 14.5 Å². The summed E-state index contributed by atoms with van der Waals surface area (Å²) in [6, 6.07) is 4.01. The van der Waals surface area contributed by atoms with Gasteiger partial charge in [0.25, 0.3) is 0 Å². The standard InChI is InChI=1S/C15H12F2N4S/c16-12-2-1-10(5-13(12)17)20-3-4-21-15(7-20)11(6-19-21)14-8-22-9-18-14/h1-2,5-6,8-9H,3-4,7H2. The number of halogens is 2. The average molecular weight is 318 g/mol. The van der Waals surface area contributed by atoms with Crippen LogP contribution in [0.15, 0.2) is 35.3 Å². The predicted octanol–water partition coefficient (Wildman–Crippen LogP) is 3.31. The number of rotatable bonds is 2. The fourth-order valence-electron chi connectivity index (χ4n) is 2.71. The Morgan fingerprint density at radius 3 is 2.82 bits per heavy atom. The van der Waals surface area contributed by atoms with Gasteiger partial charge in [0.15, 0.2) is 11.6 Å². The summed E-state index contributed by atoms with van der Waals surface area (Å²) in [6.45, 7) is 2.01. The van der Waals surface area contributed by atoms with Gasteiger partial charge in [-0.3, -0.25) is 4.68 Å². The summed E-state index contributed by atoms with van der Waals surface area (Å²) in [5.74, 6) is -1.65. The summed E-state index contributed by atoms with van der Waals surface area (Å²) in [5.41, 5.74) is 5.40. The minimum atomic E-state index is -0.825. The quantitative estimate of drug-likeness (QED) is 0.727.